The molecular weight excluding hydrogens is 376 g/mol. The molecule has 1 heterocycles. The van der Waals surface area contributed by atoms with Crippen LogP contribution in [0.1, 0.15) is 16.7 Å². The molecule has 120 valence electrons. The van der Waals surface area contributed by atoms with Crippen LogP contribution in [0.25, 0.3) is 6.08 Å². The Hall–Kier alpha value is -2.80. The molecule has 7 heteroatoms. The van der Waals surface area contributed by atoms with E-state index in [-0.39, 0.29) is 17.3 Å². The Morgan fingerprint density at radius 2 is 2.00 bits per heavy atom. The van der Waals surface area contributed by atoms with Crippen molar-refractivity contribution in [1.82, 2.24) is 0 Å². The first-order valence-corrected chi connectivity index (χ1v) is 7.77. The zero-order valence-electron chi connectivity index (χ0n) is 12.5. The van der Waals surface area contributed by atoms with Gasteiger partial charge in [0.1, 0.15) is 0 Å². The van der Waals surface area contributed by atoms with Gasteiger partial charge in [0.25, 0.3) is 5.69 Å². The monoisotopic (exact) mass is 386 g/mol. The summed E-state index contributed by atoms with van der Waals surface area (Å²) in [5.41, 5.74) is 2.18. The predicted molar refractivity (Wildman–Crippen MR) is 92.6 cm³/mol. The molecule has 0 spiro atoms. The molecule has 0 aliphatic carbocycles. The van der Waals surface area contributed by atoms with Crippen LogP contribution in [0.4, 0.5) is 5.69 Å². The maximum absolute atomic E-state index is 12.0. The second kappa shape index (κ2) is 6.37. The van der Waals surface area contributed by atoms with Crippen LogP contribution in [0.5, 0.6) is 0 Å². The molecule has 1 aliphatic rings. The first-order valence-electron chi connectivity index (χ1n) is 6.98. The SMILES string of the molecule is Cc1ccccc1C1=N/C(=C\c2ccc(Br)c([N+](=O)[O-])c2)C(=O)O1. The Morgan fingerprint density at radius 3 is 2.71 bits per heavy atom. The highest BCUT2D eigenvalue weighted by Crippen LogP contribution is 2.27. The van der Waals surface area contributed by atoms with Crippen LogP contribution >= 0.6 is 15.9 Å². The molecule has 0 saturated carbocycles. The third-order valence-electron chi connectivity index (χ3n) is 3.47. The van der Waals surface area contributed by atoms with Crippen LogP contribution in [0.3, 0.4) is 0 Å². The third kappa shape index (κ3) is 3.11. The van der Waals surface area contributed by atoms with Gasteiger partial charge in [-0.1, -0.05) is 24.3 Å². The lowest BCUT2D eigenvalue weighted by Crippen LogP contribution is -2.06. The van der Waals surface area contributed by atoms with Crippen molar-refractivity contribution < 1.29 is 14.5 Å². The van der Waals surface area contributed by atoms with Crippen molar-refractivity contribution in [3.8, 4) is 0 Å². The van der Waals surface area contributed by atoms with Gasteiger partial charge in [0.2, 0.25) is 5.90 Å². The second-order valence-electron chi connectivity index (χ2n) is 5.12. The highest BCUT2D eigenvalue weighted by molar-refractivity contribution is 9.10. The third-order valence-corrected chi connectivity index (χ3v) is 4.14. The number of hydrogen-bond donors (Lipinski definition) is 0. The second-order valence-corrected chi connectivity index (χ2v) is 5.97. The number of aliphatic imine (C=N–C) groups is 1. The molecule has 1 aliphatic heterocycles. The Balaban J connectivity index is 1.99. The number of ether oxygens (including phenoxy) is 1. The summed E-state index contributed by atoms with van der Waals surface area (Å²) in [7, 11) is 0. The number of nitro benzene ring substituents is 1. The van der Waals surface area contributed by atoms with Gasteiger partial charge in [0, 0.05) is 11.6 Å². The van der Waals surface area contributed by atoms with Gasteiger partial charge < -0.3 is 4.74 Å². The van der Waals surface area contributed by atoms with Gasteiger partial charge in [0.05, 0.1) is 9.40 Å². The highest BCUT2D eigenvalue weighted by Gasteiger charge is 2.25. The standard InChI is InChI=1S/C17H11BrN2O4/c1-10-4-2-3-5-12(10)16-19-14(17(21)24-16)8-11-6-7-13(18)15(9-11)20(22)23/h2-9H,1H3/b14-8-. The summed E-state index contributed by atoms with van der Waals surface area (Å²) >= 11 is 3.12. The molecule has 0 fully saturated rings. The van der Waals surface area contributed by atoms with Crippen LogP contribution in [0, 0.1) is 17.0 Å². The number of rotatable bonds is 3. The largest absolute Gasteiger partial charge is 0.402 e. The number of aryl methyl sites for hydroxylation is 1. The van der Waals surface area contributed by atoms with Crippen LogP contribution in [0.15, 0.2) is 57.6 Å². The molecule has 0 aromatic heterocycles. The number of benzene rings is 2. The lowest BCUT2D eigenvalue weighted by Gasteiger charge is -2.02. The number of carbonyl (C=O) groups excluding carboxylic acids is 1. The number of nitrogens with zero attached hydrogens (tertiary/aromatic N) is 2. The molecule has 0 saturated heterocycles. The normalized spacial score (nSPS) is 15.3. The van der Waals surface area contributed by atoms with Crippen molar-refractivity contribution >= 4 is 39.6 Å². The zero-order chi connectivity index (χ0) is 17.3. The fraction of sp³-hybridized carbons (Fsp3) is 0.0588. The fourth-order valence-corrected chi connectivity index (χ4v) is 2.65. The van der Waals surface area contributed by atoms with Crippen LogP contribution in [0.2, 0.25) is 0 Å². The van der Waals surface area contributed by atoms with E-state index < -0.39 is 10.9 Å². The Morgan fingerprint density at radius 1 is 1.25 bits per heavy atom. The first kappa shape index (κ1) is 16.1. The summed E-state index contributed by atoms with van der Waals surface area (Å²) in [4.78, 5) is 26.7. The Labute approximate surface area is 145 Å². The van der Waals surface area contributed by atoms with Crippen molar-refractivity contribution in [2.24, 2.45) is 4.99 Å². The van der Waals surface area contributed by atoms with E-state index in [1.807, 2.05) is 31.2 Å². The van der Waals surface area contributed by atoms with Crippen molar-refractivity contribution in [2.75, 3.05) is 0 Å². The Bertz CT molecular complexity index is 919. The minimum absolute atomic E-state index is 0.0844. The molecule has 0 N–H and O–H groups in total. The van der Waals surface area contributed by atoms with E-state index in [0.29, 0.717) is 10.0 Å². The summed E-state index contributed by atoms with van der Waals surface area (Å²) in [5, 5.41) is 11.0. The van der Waals surface area contributed by atoms with Crippen LogP contribution in [-0.4, -0.2) is 16.8 Å². The fourth-order valence-electron chi connectivity index (χ4n) is 2.25. The molecule has 3 rings (SSSR count). The van der Waals surface area contributed by atoms with Gasteiger partial charge in [0.15, 0.2) is 5.70 Å². The van der Waals surface area contributed by atoms with Crippen molar-refractivity contribution in [3.05, 3.63) is 79.4 Å². The highest BCUT2D eigenvalue weighted by atomic mass is 79.9. The molecule has 24 heavy (non-hydrogen) atoms. The van der Waals surface area contributed by atoms with Crippen molar-refractivity contribution in [3.63, 3.8) is 0 Å². The zero-order valence-corrected chi connectivity index (χ0v) is 14.1. The van der Waals surface area contributed by atoms with Crippen LogP contribution in [-0.2, 0) is 9.53 Å². The van der Waals surface area contributed by atoms with Gasteiger partial charge in [-0.15, -0.1) is 0 Å². The quantitative estimate of drug-likeness (QED) is 0.345. The molecule has 2 aromatic carbocycles. The van der Waals surface area contributed by atoms with Crippen molar-refractivity contribution in [2.45, 2.75) is 6.92 Å². The molecule has 0 bridgehead atoms. The average molecular weight is 387 g/mol. The summed E-state index contributed by atoms with van der Waals surface area (Å²) in [6, 6.07) is 12.0. The van der Waals surface area contributed by atoms with Crippen LogP contribution < -0.4 is 0 Å². The molecule has 2 aromatic rings. The van der Waals surface area contributed by atoms with Gasteiger partial charge in [-0.3, -0.25) is 10.1 Å². The van der Waals surface area contributed by atoms with E-state index in [2.05, 4.69) is 20.9 Å². The molecule has 0 unspecified atom stereocenters. The van der Waals surface area contributed by atoms with E-state index in [4.69, 9.17) is 4.74 Å². The lowest BCUT2D eigenvalue weighted by atomic mass is 10.1. The van der Waals surface area contributed by atoms with E-state index in [1.165, 1.54) is 12.1 Å². The van der Waals surface area contributed by atoms with E-state index in [1.54, 1.807) is 12.1 Å². The molecular formula is C17H11BrN2O4. The Kier molecular flexibility index (Phi) is 4.26. The molecule has 0 amide bonds. The number of cyclic esters (lactones) is 1. The molecule has 0 atom stereocenters. The number of nitro groups is 1. The van der Waals surface area contributed by atoms with E-state index in [9.17, 15) is 14.9 Å². The van der Waals surface area contributed by atoms with Gasteiger partial charge in [-0.25, -0.2) is 9.79 Å². The summed E-state index contributed by atoms with van der Waals surface area (Å²) in [6.07, 6.45) is 1.47. The maximum Gasteiger partial charge on any atom is 0.363 e. The lowest BCUT2D eigenvalue weighted by molar-refractivity contribution is -0.385. The smallest absolute Gasteiger partial charge is 0.363 e. The number of hydrogen-bond acceptors (Lipinski definition) is 5. The topological polar surface area (TPSA) is 81.8 Å². The van der Waals surface area contributed by atoms with Gasteiger partial charge in [-0.2, -0.15) is 0 Å². The maximum atomic E-state index is 12.0. The minimum Gasteiger partial charge on any atom is -0.402 e. The summed E-state index contributed by atoms with van der Waals surface area (Å²) < 4.78 is 5.58. The average Bonchev–Trinajstić information content (AvgIpc) is 2.90. The van der Waals surface area contributed by atoms with Gasteiger partial charge in [-0.05, 0) is 52.2 Å². The number of esters is 1. The molecule has 0 radical (unpaired) electrons. The summed E-state index contributed by atoms with van der Waals surface area (Å²) in [6.45, 7) is 1.89. The first-order chi connectivity index (χ1) is 11.5. The van der Waals surface area contributed by atoms with Gasteiger partial charge >= 0.3 is 5.97 Å². The number of carbonyl (C=O) groups is 1. The predicted octanol–water partition coefficient (Wildman–Crippen LogP) is 4.01. The summed E-state index contributed by atoms with van der Waals surface area (Å²) in [5.74, 6) is -0.352. The van der Waals surface area contributed by atoms with Crippen molar-refractivity contribution in [1.29, 1.82) is 0 Å². The number of halogens is 1. The van der Waals surface area contributed by atoms with E-state index >= 15 is 0 Å². The molecule has 6 nitrogen and oxygen atoms in total. The van der Waals surface area contributed by atoms with E-state index in [0.717, 1.165) is 11.1 Å². The minimum atomic E-state index is -0.584.